The standard InChI is InChI=1S/C23H26N2P/c1-20(24-25(2)3)19-26(21-13-7-4-8-14-21,22-15-9-5-10-16-22)23-17-11-6-12-18-23/h4-19,24H,1-3H3/q+1/b20-19+. The Morgan fingerprint density at radius 1 is 0.692 bits per heavy atom. The number of nitrogens with one attached hydrogen (secondary N) is 1. The number of benzene rings is 3. The van der Waals surface area contributed by atoms with Crippen LogP contribution in [-0.4, -0.2) is 19.1 Å². The van der Waals surface area contributed by atoms with Crippen LogP contribution in [-0.2, 0) is 0 Å². The van der Waals surface area contributed by atoms with E-state index in [0.717, 1.165) is 5.70 Å². The van der Waals surface area contributed by atoms with Gasteiger partial charge in [0.2, 0.25) is 0 Å². The van der Waals surface area contributed by atoms with Gasteiger partial charge in [0, 0.05) is 14.1 Å². The average molecular weight is 361 g/mol. The number of hydrogen-bond donors (Lipinski definition) is 1. The van der Waals surface area contributed by atoms with Crippen molar-refractivity contribution in [1.29, 1.82) is 0 Å². The fraction of sp³-hybridized carbons (Fsp3) is 0.130. The molecular formula is C23H26N2P+. The minimum Gasteiger partial charge on any atom is -0.320 e. The Bertz CT molecular complexity index is 746. The van der Waals surface area contributed by atoms with Gasteiger partial charge < -0.3 is 5.43 Å². The maximum atomic E-state index is 3.43. The summed E-state index contributed by atoms with van der Waals surface area (Å²) in [6.07, 6.45) is 0. The minimum absolute atomic E-state index is 1.15. The van der Waals surface area contributed by atoms with Crippen LogP contribution >= 0.6 is 7.26 Å². The Morgan fingerprint density at radius 2 is 1.04 bits per heavy atom. The second-order valence-electron chi connectivity index (χ2n) is 6.55. The Balaban J connectivity index is 2.32. The monoisotopic (exact) mass is 361 g/mol. The van der Waals surface area contributed by atoms with Crippen LogP contribution in [0.1, 0.15) is 6.92 Å². The maximum Gasteiger partial charge on any atom is 0.138 e. The molecule has 0 aliphatic carbocycles. The zero-order valence-electron chi connectivity index (χ0n) is 15.6. The van der Waals surface area contributed by atoms with Gasteiger partial charge in [0.25, 0.3) is 0 Å². The van der Waals surface area contributed by atoms with Gasteiger partial charge >= 0.3 is 0 Å². The van der Waals surface area contributed by atoms with Gasteiger partial charge in [-0.3, -0.25) is 0 Å². The Labute approximate surface area is 157 Å². The Morgan fingerprint density at radius 3 is 1.35 bits per heavy atom. The third-order valence-electron chi connectivity index (χ3n) is 4.28. The highest BCUT2D eigenvalue weighted by Gasteiger charge is 2.43. The van der Waals surface area contributed by atoms with Crippen molar-refractivity contribution in [3.8, 4) is 0 Å². The lowest BCUT2D eigenvalue weighted by Crippen LogP contribution is -2.33. The molecule has 0 bridgehead atoms. The Kier molecular flexibility index (Phi) is 5.88. The van der Waals surface area contributed by atoms with E-state index < -0.39 is 7.26 Å². The first kappa shape index (κ1) is 18.4. The van der Waals surface area contributed by atoms with Gasteiger partial charge in [-0.2, -0.15) is 0 Å². The third-order valence-corrected chi connectivity index (χ3v) is 8.39. The van der Waals surface area contributed by atoms with Crippen LogP contribution in [0.4, 0.5) is 0 Å². The van der Waals surface area contributed by atoms with Gasteiger partial charge in [0.05, 0.1) is 11.5 Å². The van der Waals surface area contributed by atoms with Gasteiger partial charge in [-0.05, 0) is 43.3 Å². The van der Waals surface area contributed by atoms with Crippen molar-refractivity contribution >= 4 is 23.2 Å². The molecule has 1 N–H and O–H groups in total. The zero-order valence-corrected chi connectivity index (χ0v) is 16.5. The number of rotatable bonds is 6. The second kappa shape index (κ2) is 8.31. The molecule has 0 unspecified atom stereocenters. The normalized spacial score (nSPS) is 12.2. The summed E-state index contributed by atoms with van der Waals surface area (Å²) in [5.74, 6) is 2.44. The van der Waals surface area contributed by atoms with E-state index in [2.05, 4.69) is 109 Å². The summed E-state index contributed by atoms with van der Waals surface area (Å²) >= 11 is 0. The summed E-state index contributed by atoms with van der Waals surface area (Å²) in [4.78, 5) is 0. The summed E-state index contributed by atoms with van der Waals surface area (Å²) in [5.41, 5.74) is 4.58. The van der Waals surface area contributed by atoms with Gasteiger partial charge in [-0.25, -0.2) is 5.01 Å². The largest absolute Gasteiger partial charge is 0.320 e. The lowest BCUT2D eigenvalue weighted by Gasteiger charge is -2.25. The molecule has 0 aliphatic heterocycles. The molecule has 0 aliphatic rings. The lowest BCUT2D eigenvalue weighted by atomic mass is 10.4. The maximum absolute atomic E-state index is 3.43. The predicted molar refractivity (Wildman–Crippen MR) is 116 cm³/mol. The van der Waals surface area contributed by atoms with Crippen LogP contribution in [0.2, 0.25) is 0 Å². The van der Waals surface area contributed by atoms with E-state index in [-0.39, 0.29) is 0 Å². The molecule has 0 amide bonds. The molecule has 0 fully saturated rings. The van der Waals surface area contributed by atoms with Crippen molar-refractivity contribution in [2.24, 2.45) is 0 Å². The number of hydrazine groups is 1. The molecule has 3 heteroatoms. The molecule has 0 heterocycles. The number of nitrogens with zero attached hydrogens (tertiary/aromatic N) is 1. The Hall–Kier alpha value is -2.41. The molecular weight excluding hydrogens is 335 g/mol. The molecule has 3 aromatic rings. The van der Waals surface area contributed by atoms with E-state index in [1.165, 1.54) is 15.9 Å². The first-order valence-corrected chi connectivity index (χ1v) is 10.7. The summed E-state index contributed by atoms with van der Waals surface area (Å²) in [5, 5.41) is 6.06. The van der Waals surface area contributed by atoms with Crippen LogP contribution in [0.25, 0.3) is 0 Å². The molecule has 0 spiro atoms. The van der Waals surface area contributed by atoms with Gasteiger partial charge in [-0.1, -0.05) is 54.6 Å². The van der Waals surface area contributed by atoms with Crippen molar-refractivity contribution in [3.05, 3.63) is 103 Å². The molecule has 0 saturated carbocycles. The predicted octanol–water partition coefficient (Wildman–Crippen LogP) is 3.91. The highest BCUT2D eigenvalue weighted by molar-refractivity contribution is 7.98. The lowest BCUT2D eigenvalue weighted by molar-refractivity contribution is 0.328. The van der Waals surface area contributed by atoms with Crippen LogP contribution in [0.5, 0.6) is 0 Å². The first-order valence-electron chi connectivity index (χ1n) is 8.82. The molecule has 132 valence electrons. The average Bonchev–Trinajstić information content (AvgIpc) is 2.67. The van der Waals surface area contributed by atoms with E-state index in [1.54, 1.807) is 0 Å². The smallest absolute Gasteiger partial charge is 0.138 e. The van der Waals surface area contributed by atoms with E-state index in [0.29, 0.717) is 0 Å². The molecule has 26 heavy (non-hydrogen) atoms. The molecule has 3 rings (SSSR count). The first-order chi connectivity index (χ1) is 12.6. The van der Waals surface area contributed by atoms with Gasteiger partial charge in [-0.15, -0.1) is 0 Å². The fourth-order valence-electron chi connectivity index (χ4n) is 3.33. The fourth-order valence-corrected chi connectivity index (χ4v) is 7.24. The molecule has 3 aromatic carbocycles. The van der Waals surface area contributed by atoms with E-state index in [4.69, 9.17) is 0 Å². The topological polar surface area (TPSA) is 15.3 Å². The summed E-state index contributed by atoms with van der Waals surface area (Å²) in [6.45, 7) is 2.14. The van der Waals surface area contributed by atoms with Crippen LogP contribution < -0.4 is 21.3 Å². The molecule has 0 aromatic heterocycles. The molecule has 0 saturated heterocycles. The highest BCUT2D eigenvalue weighted by Crippen LogP contribution is 2.57. The summed E-state index contributed by atoms with van der Waals surface area (Å²) in [7, 11) is 2.12. The molecule has 2 nitrogen and oxygen atoms in total. The van der Waals surface area contributed by atoms with Gasteiger partial charge in [0.1, 0.15) is 23.2 Å². The zero-order chi connectivity index (χ0) is 18.4. The summed E-state index contributed by atoms with van der Waals surface area (Å²) in [6, 6.07) is 32.6. The quantitative estimate of drug-likeness (QED) is 0.529. The SMILES string of the molecule is C/C(=C\[P+](c1ccccc1)(c1ccccc1)c1ccccc1)NN(C)C. The van der Waals surface area contributed by atoms with Crippen molar-refractivity contribution in [1.82, 2.24) is 10.4 Å². The van der Waals surface area contributed by atoms with Crippen molar-refractivity contribution in [2.75, 3.05) is 14.1 Å². The number of allylic oxidation sites excluding steroid dienone is 1. The summed E-state index contributed by atoms with van der Waals surface area (Å²) < 4.78 is 0. The minimum atomic E-state index is -1.92. The van der Waals surface area contributed by atoms with E-state index in [9.17, 15) is 0 Å². The van der Waals surface area contributed by atoms with Gasteiger partial charge in [0.15, 0.2) is 0 Å². The van der Waals surface area contributed by atoms with Crippen molar-refractivity contribution in [2.45, 2.75) is 6.92 Å². The van der Waals surface area contributed by atoms with Crippen LogP contribution in [0.3, 0.4) is 0 Å². The van der Waals surface area contributed by atoms with Crippen molar-refractivity contribution < 1.29 is 0 Å². The third kappa shape index (κ3) is 3.88. The highest BCUT2D eigenvalue weighted by atomic mass is 31.2. The van der Waals surface area contributed by atoms with Crippen LogP contribution in [0.15, 0.2) is 103 Å². The number of hydrogen-bond acceptors (Lipinski definition) is 2. The van der Waals surface area contributed by atoms with Crippen molar-refractivity contribution in [3.63, 3.8) is 0 Å². The van der Waals surface area contributed by atoms with E-state index >= 15 is 0 Å². The molecule has 0 radical (unpaired) electrons. The van der Waals surface area contributed by atoms with Crippen LogP contribution in [0, 0.1) is 0 Å². The molecule has 0 atom stereocenters. The second-order valence-corrected chi connectivity index (χ2v) is 9.80. The van der Waals surface area contributed by atoms with E-state index in [1.807, 2.05) is 19.1 Å².